The molecule has 30 heavy (non-hydrogen) atoms. The number of guanidine groups is 1. The summed E-state index contributed by atoms with van der Waals surface area (Å²) in [7, 11) is 0. The van der Waals surface area contributed by atoms with Gasteiger partial charge in [-0.3, -0.25) is 9.88 Å². The highest BCUT2D eigenvalue weighted by Gasteiger charge is 2.32. The number of fused-ring (bicyclic) bond motifs is 1. The fourth-order valence-electron chi connectivity index (χ4n) is 3.77. The van der Waals surface area contributed by atoms with E-state index in [1.54, 1.807) is 29.9 Å². The molecule has 0 saturated carbocycles. The average Bonchev–Trinajstić information content (AvgIpc) is 3.24. The Morgan fingerprint density at radius 2 is 1.93 bits per heavy atom. The van der Waals surface area contributed by atoms with Gasteiger partial charge in [-0.2, -0.15) is 5.26 Å². The second-order valence-corrected chi connectivity index (χ2v) is 8.08. The van der Waals surface area contributed by atoms with Gasteiger partial charge in [0.2, 0.25) is 5.96 Å². The molecule has 4 heterocycles. The predicted octanol–water partition coefficient (Wildman–Crippen LogP) is 2.88. The van der Waals surface area contributed by atoms with Gasteiger partial charge < -0.3 is 9.80 Å². The summed E-state index contributed by atoms with van der Waals surface area (Å²) in [5.74, 6) is 1.75. The lowest BCUT2D eigenvalue weighted by Crippen LogP contribution is -2.56. The Morgan fingerprint density at radius 1 is 1.10 bits per heavy atom. The molecule has 2 aliphatic rings. The van der Waals surface area contributed by atoms with Gasteiger partial charge in [0.1, 0.15) is 5.82 Å². The van der Waals surface area contributed by atoms with Gasteiger partial charge >= 0.3 is 0 Å². The molecule has 3 aromatic rings. The molecule has 0 aliphatic carbocycles. The average molecular weight is 417 g/mol. The maximum Gasteiger partial charge on any atom is 0.208 e. The van der Waals surface area contributed by atoms with E-state index in [0.717, 1.165) is 53.3 Å². The SMILES string of the molecule is N#CCC1C=CN=C(N2CCN(c3cnccn3)CC2)N1c1nc2ccccc2s1. The molecule has 1 unspecified atom stereocenters. The third-order valence-corrected chi connectivity index (χ3v) is 6.31. The van der Waals surface area contributed by atoms with Crippen molar-refractivity contribution >= 4 is 38.5 Å². The molecule has 9 heteroatoms. The zero-order valence-corrected chi connectivity index (χ0v) is 17.1. The highest BCUT2D eigenvalue weighted by atomic mass is 32.1. The first-order valence-corrected chi connectivity index (χ1v) is 10.7. The fraction of sp³-hybridized carbons (Fsp3) is 0.286. The van der Waals surface area contributed by atoms with Crippen molar-refractivity contribution in [2.45, 2.75) is 12.5 Å². The summed E-state index contributed by atoms with van der Waals surface area (Å²) in [6.45, 7) is 3.28. The van der Waals surface area contributed by atoms with Crippen LogP contribution >= 0.6 is 11.3 Å². The van der Waals surface area contributed by atoms with Crippen molar-refractivity contribution in [2.75, 3.05) is 36.0 Å². The second-order valence-electron chi connectivity index (χ2n) is 7.07. The maximum atomic E-state index is 9.38. The lowest BCUT2D eigenvalue weighted by Gasteiger charge is -2.41. The number of rotatable bonds is 3. The van der Waals surface area contributed by atoms with E-state index < -0.39 is 0 Å². The summed E-state index contributed by atoms with van der Waals surface area (Å²) in [6, 6.07) is 10.3. The molecule has 0 radical (unpaired) electrons. The van der Waals surface area contributed by atoms with Crippen molar-refractivity contribution in [3.05, 3.63) is 55.1 Å². The quantitative estimate of drug-likeness (QED) is 0.649. The van der Waals surface area contributed by atoms with Gasteiger partial charge in [-0.05, 0) is 18.2 Å². The van der Waals surface area contributed by atoms with E-state index in [1.807, 2.05) is 30.5 Å². The Labute approximate surface area is 178 Å². The Balaban J connectivity index is 1.42. The van der Waals surface area contributed by atoms with E-state index in [4.69, 9.17) is 9.98 Å². The summed E-state index contributed by atoms with van der Waals surface area (Å²) in [4.78, 5) is 24.8. The number of piperazine rings is 1. The number of nitrogens with zero attached hydrogens (tertiary/aromatic N) is 8. The molecule has 1 atom stereocenters. The second kappa shape index (κ2) is 8.08. The van der Waals surface area contributed by atoms with Crippen LogP contribution in [0.2, 0.25) is 0 Å². The van der Waals surface area contributed by atoms with Crippen LogP contribution in [-0.2, 0) is 0 Å². The number of hydrogen-bond donors (Lipinski definition) is 0. The number of hydrogen-bond acceptors (Lipinski definition) is 9. The molecular formula is C21H20N8S. The number of thiazole rings is 1. The predicted molar refractivity (Wildman–Crippen MR) is 119 cm³/mol. The van der Waals surface area contributed by atoms with Gasteiger partial charge in [0.05, 0.1) is 34.9 Å². The summed E-state index contributed by atoms with van der Waals surface area (Å²) >= 11 is 1.63. The van der Waals surface area contributed by atoms with Crippen molar-refractivity contribution < 1.29 is 0 Å². The Kier molecular flexibility index (Phi) is 4.99. The molecule has 0 amide bonds. The number of benzene rings is 1. The first-order chi connectivity index (χ1) is 14.8. The van der Waals surface area contributed by atoms with Gasteiger partial charge in [0.25, 0.3) is 0 Å². The van der Waals surface area contributed by atoms with Crippen molar-refractivity contribution in [1.29, 1.82) is 5.26 Å². The van der Waals surface area contributed by atoms with Crippen molar-refractivity contribution in [3.8, 4) is 6.07 Å². The van der Waals surface area contributed by atoms with E-state index in [-0.39, 0.29) is 6.04 Å². The number of nitriles is 1. The summed E-state index contributed by atoms with van der Waals surface area (Å²) in [6.07, 6.45) is 9.38. The van der Waals surface area contributed by atoms with Crippen LogP contribution in [0, 0.1) is 11.3 Å². The first-order valence-electron chi connectivity index (χ1n) is 9.85. The molecule has 1 aromatic carbocycles. The van der Waals surface area contributed by atoms with Crippen molar-refractivity contribution in [2.24, 2.45) is 4.99 Å². The zero-order valence-electron chi connectivity index (χ0n) is 16.3. The molecule has 150 valence electrons. The minimum Gasteiger partial charge on any atom is -0.352 e. The third kappa shape index (κ3) is 3.46. The Morgan fingerprint density at radius 3 is 2.70 bits per heavy atom. The van der Waals surface area contributed by atoms with E-state index in [9.17, 15) is 5.26 Å². The summed E-state index contributed by atoms with van der Waals surface area (Å²) in [5, 5.41) is 10.3. The molecule has 8 nitrogen and oxygen atoms in total. The molecule has 0 N–H and O–H groups in total. The van der Waals surface area contributed by atoms with E-state index in [0.29, 0.717) is 6.42 Å². The highest BCUT2D eigenvalue weighted by Crippen LogP contribution is 2.32. The van der Waals surface area contributed by atoms with E-state index >= 15 is 0 Å². The minimum absolute atomic E-state index is 0.0823. The molecule has 0 bridgehead atoms. The highest BCUT2D eigenvalue weighted by molar-refractivity contribution is 7.22. The Hall–Kier alpha value is -3.51. The monoisotopic (exact) mass is 416 g/mol. The first kappa shape index (κ1) is 18.5. The van der Waals surface area contributed by atoms with Crippen LogP contribution < -0.4 is 9.80 Å². The number of aromatic nitrogens is 3. The smallest absolute Gasteiger partial charge is 0.208 e. The van der Waals surface area contributed by atoms with Gasteiger partial charge in [-0.1, -0.05) is 23.5 Å². The van der Waals surface area contributed by atoms with Crippen molar-refractivity contribution in [1.82, 2.24) is 19.9 Å². The molecule has 2 aromatic heterocycles. The molecule has 2 aliphatic heterocycles. The minimum atomic E-state index is -0.0823. The van der Waals surface area contributed by atoms with Crippen LogP contribution in [-0.4, -0.2) is 58.0 Å². The Bertz CT molecular complexity index is 1090. The van der Waals surface area contributed by atoms with E-state index in [1.165, 1.54) is 0 Å². The topological polar surface area (TPSA) is 84.5 Å². The number of aliphatic imine (C=N–C) groups is 1. The van der Waals surface area contributed by atoms with E-state index in [2.05, 4.69) is 36.8 Å². The molecule has 1 fully saturated rings. The van der Waals surface area contributed by atoms with Gasteiger partial charge in [-0.15, -0.1) is 0 Å². The lowest BCUT2D eigenvalue weighted by molar-refractivity contribution is 0.375. The van der Waals surface area contributed by atoms with Crippen LogP contribution in [0.15, 0.2) is 60.1 Å². The largest absolute Gasteiger partial charge is 0.352 e. The van der Waals surface area contributed by atoms with Crippen LogP contribution in [0.3, 0.4) is 0 Å². The molecule has 1 saturated heterocycles. The number of para-hydroxylation sites is 1. The zero-order chi connectivity index (χ0) is 20.3. The third-order valence-electron chi connectivity index (χ3n) is 5.27. The van der Waals surface area contributed by atoms with Crippen LogP contribution in [0.25, 0.3) is 10.2 Å². The summed E-state index contributed by atoms with van der Waals surface area (Å²) < 4.78 is 1.13. The standard InChI is InChI=1S/C21H20N8S/c22-7-5-16-6-8-25-20(29(16)21-26-17-3-1-2-4-18(17)30-21)28-13-11-27(12-14-28)19-15-23-9-10-24-19/h1-4,6,8-10,15-16H,5,11-14H2. The van der Waals surface area contributed by atoms with Crippen LogP contribution in [0.4, 0.5) is 10.9 Å². The van der Waals surface area contributed by atoms with Gasteiger partial charge in [0, 0.05) is 44.8 Å². The van der Waals surface area contributed by atoms with Gasteiger partial charge in [-0.25, -0.2) is 15.0 Å². The molecule has 0 spiro atoms. The lowest BCUT2D eigenvalue weighted by atomic mass is 10.1. The number of anilines is 2. The normalized spacial score (nSPS) is 19.1. The van der Waals surface area contributed by atoms with Crippen LogP contribution in [0.1, 0.15) is 6.42 Å². The van der Waals surface area contributed by atoms with Crippen LogP contribution in [0.5, 0.6) is 0 Å². The molecule has 5 rings (SSSR count). The van der Waals surface area contributed by atoms with Crippen molar-refractivity contribution in [3.63, 3.8) is 0 Å². The maximum absolute atomic E-state index is 9.38. The fourth-order valence-corrected chi connectivity index (χ4v) is 4.79. The summed E-state index contributed by atoms with van der Waals surface area (Å²) in [5.41, 5.74) is 0.967. The molecular weight excluding hydrogens is 396 g/mol. The van der Waals surface area contributed by atoms with Gasteiger partial charge in [0.15, 0.2) is 5.13 Å².